The zero-order valence-electron chi connectivity index (χ0n) is 10.8. The standard InChI is InChI=1S/C10H12N2O7S2/c1-19-10(16)9-6(2-3-20-9)21(17,18)12-4-7(13)11-5-8(14)15/h2-3,12H,4-5H2,1H3,(H,11,13)(H,14,15). The van der Waals surface area contributed by atoms with Crippen LogP contribution in [-0.2, 0) is 24.3 Å². The van der Waals surface area contributed by atoms with Gasteiger partial charge < -0.3 is 15.2 Å². The van der Waals surface area contributed by atoms with Crippen LogP contribution in [-0.4, -0.2) is 51.6 Å². The van der Waals surface area contributed by atoms with Crippen molar-refractivity contribution in [1.29, 1.82) is 0 Å². The number of carboxylic acid groups (broad SMARTS) is 1. The molecular formula is C10H12N2O7S2. The van der Waals surface area contributed by atoms with E-state index in [9.17, 15) is 22.8 Å². The predicted octanol–water partition coefficient (Wildman–Crippen LogP) is -0.986. The molecule has 9 nitrogen and oxygen atoms in total. The van der Waals surface area contributed by atoms with Crippen LogP contribution in [0.5, 0.6) is 0 Å². The molecule has 0 saturated carbocycles. The van der Waals surface area contributed by atoms with Gasteiger partial charge in [-0.15, -0.1) is 11.3 Å². The second-order valence-corrected chi connectivity index (χ2v) is 6.25. The lowest BCUT2D eigenvalue weighted by atomic mass is 10.5. The molecule has 0 fully saturated rings. The summed E-state index contributed by atoms with van der Waals surface area (Å²) in [6.45, 7) is -1.27. The van der Waals surface area contributed by atoms with Crippen molar-refractivity contribution in [3.63, 3.8) is 0 Å². The fourth-order valence-electron chi connectivity index (χ4n) is 1.23. The number of amides is 1. The zero-order valence-corrected chi connectivity index (χ0v) is 12.4. The van der Waals surface area contributed by atoms with E-state index in [2.05, 4.69) is 4.74 Å². The van der Waals surface area contributed by atoms with Crippen molar-refractivity contribution >= 4 is 39.2 Å². The van der Waals surface area contributed by atoms with Crippen molar-refractivity contribution in [2.24, 2.45) is 0 Å². The van der Waals surface area contributed by atoms with E-state index in [1.165, 1.54) is 11.4 Å². The first-order chi connectivity index (χ1) is 9.77. The fourth-order valence-corrected chi connectivity index (χ4v) is 3.54. The minimum atomic E-state index is -4.09. The predicted molar refractivity (Wildman–Crippen MR) is 71.5 cm³/mol. The Morgan fingerprint density at radius 3 is 2.57 bits per heavy atom. The number of carbonyl (C=O) groups excluding carboxylic acids is 2. The van der Waals surface area contributed by atoms with Gasteiger partial charge in [0, 0.05) is 0 Å². The summed E-state index contributed by atoms with van der Waals surface area (Å²) in [7, 11) is -2.97. The van der Waals surface area contributed by atoms with Crippen LogP contribution in [0.1, 0.15) is 9.67 Å². The molecule has 116 valence electrons. The summed E-state index contributed by atoms with van der Waals surface area (Å²) in [5.41, 5.74) is 0. The highest BCUT2D eigenvalue weighted by atomic mass is 32.2. The van der Waals surface area contributed by atoms with Crippen molar-refractivity contribution < 1.29 is 32.6 Å². The van der Waals surface area contributed by atoms with Gasteiger partial charge in [0.1, 0.15) is 16.3 Å². The Balaban J connectivity index is 2.75. The summed E-state index contributed by atoms with van der Waals surface area (Å²) in [5, 5.41) is 11.8. The minimum Gasteiger partial charge on any atom is -0.480 e. The van der Waals surface area contributed by atoms with Crippen LogP contribution in [0.3, 0.4) is 0 Å². The number of esters is 1. The van der Waals surface area contributed by atoms with Gasteiger partial charge in [-0.05, 0) is 11.4 Å². The number of hydrogen-bond donors (Lipinski definition) is 3. The third-order valence-electron chi connectivity index (χ3n) is 2.15. The molecule has 1 aromatic heterocycles. The Kier molecular flexibility index (Phi) is 5.81. The maximum atomic E-state index is 12.0. The molecule has 0 aliphatic rings. The fraction of sp³-hybridized carbons (Fsp3) is 0.300. The highest BCUT2D eigenvalue weighted by Gasteiger charge is 2.25. The molecule has 0 aliphatic carbocycles. The van der Waals surface area contributed by atoms with Gasteiger partial charge in [-0.1, -0.05) is 0 Å². The number of carboxylic acids is 1. The number of methoxy groups -OCH3 is 1. The number of rotatable bonds is 7. The first kappa shape index (κ1) is 17.1. The number of aliphatic carboxylic acids is 1. The Hall–Kier alpha value is -1.98. The summed E-state index contributed by atoms with van der Waals surface area (Å²) in [5.74, 6) is -2.87. The van der Waals surface area contributed by atoms with Crippen LogP contribution in [0.2, 0.25) is 0 Å². The first-order valence-corrected chi connectivity index (χ1v) is 7.78. The maximum Gasteiger partial charge on any atom is 0.349 e. The Bertz CT molecular complexity index is 650. The summed E-state index contributed by atoms with van der Waals surface area (Å²) >= 11 is 0.886. The van der Waals surface area contributed by atoms with E-state index in [0.29, 0.717) is 0 Å². The van der Waals surface area contributed by atoms with Crippen molar-refractivity contribution in [1.82, 2.24) is 10.0 Å². The lowest BCUT2D eigenvalue weighted by Crippen LogP contribution is -2.39. The monoisotopic (exact) mass is 336 g/mol. The average molecular weight is 336 g/mol. The molecule has 0 saturated heterocycles. The Labute approximate surface area is 124 Å². The molecule has 0 spiro atoms. The van der Waals surface area contributed by atoms with Crippen LogP contribution in [0, 0.1) is 0 Å². The van der Waals surface area contributed by atoms with Crippen LogP contribution in [0.15, 0.2) is 16.3 Å². The van der Waals surface area contributed by atoms with Gasteiger partial charge in [-0.3, -0.25) is 9.59 Å². The lowest BCUT2D eigenvalue weighted by Gasteiger charge is -2.07. The second-order valence-electron chi connectivity index (χ2n) is 3.60. The molecule has 1 heterocycles. The number of hydrogen-bond acceptors (Lipinski definition) is 7. The van der Waals surface area contributed by atoms with Gasteiger partial charge in [-0.2, -0.15) is 0 Å². The van der Waals surface area contributed by atoms with Gasteiger partial charge in [0.25, 0.3) is 0 Å². The molecule has 0 aromatic carbocycles. The highest BCUT2D eigenvalue weighted by Crippen LogP contribution is 2.22. The van der Waals surface area contributed by atoms with E-state index in [0.717, 1.165) is 18.4 Å². The molecule has 0 aliphatic heterocycles. The SMILES string of the molecule is COC(=O)c1sccc1S(=O)(=O)NCC(=O)NCC(=O)O. The minimum absolute atomic E-state index is 0.115. The summed E-state index contributed by atoms with van der Waals surface area (Å²) in [4.78, 5) is 32.5. The number of nitrogens with one attached hydrogen (secondary N) is 2. The van der Waals surface area contributed by atoms with Crippen LogP contribution >= 0.6 is 11.3 Å². The van der Waals surface area contributed by atoms with Crippen molar-refractivity contribution in [3.8, 4) is 0 Å². The molecule has 3 N–H and O–H groups in total. The molecule has 1 amide bonds. The number of thiophene rings is 1. The molecule has 11 heteroatoms. The summed E-state index contributed by atoms with van der Waals surface area (Å²) in [6.07, 6.45) is 0. The topological polar surface area (TPSA) is 139 Å². The third kappa shape index (κ3) is 4.81. The van der Waals surface area contributed by atoms with Crippen molar-refractivity contribution in [3.05, 3.63) is 16.3 Å². The van der Waals surface area contributed by atoms with Crippen LogP contribution in [0.25, 0.3) is 0 Å². The van der Waals surface area contributed by atoms with Gasteiger partial charge in [0.05, 0.1) is 13.7 Å². The Morgan fingerprint density at radius 1 is 1.33 bits per heavy atom. The number of sulfonamides is 1. The van der Waals surface area contributed by atoms with E-state index in [1.807, 2.05) is 10.0 Å². The molecule has 0 bridgehead atoms. The second kappa shape index (κ2) is 7.15. The normalized spacial score (nSPS) is 10.9. The Morgan fingerprint density at radius 2 is 2.00 bits per heavy atom. The summed E-state index contributed by atoms with van der Waals surface area (Å²) in [6, 6.07) is 1.20. The van der Waals surface area contributed by atoms with E-state index in [4.69, 9.17) is 5.11 Å². The number of ether oxygens (including phenoxy) is 1. The van der Waals surface area contributed by atoms with Crippen LogP contribution in [0.4, 0.5) is 0 Å². The lowest BCUT2D eigenvalue weighted by molar-refractivity contribution is -0.137. The van der Waals surface area contributed by atoms with E-state index in [-0.39, 0.29) is 9.77 Å². The quantitative estimate of drug-likeness (QED) is 0.543. The largest absolute Gasteiger partial charge is 0.480 e. The summed E-state index contributed by atoms with van der Waals surface area (Å²) < 4.78 is 30.4. The first-order valence-electron chi connectivity index (χ1n) is 5.42. The van der Waals surface area contributed by atoms with E-state index < -0.39 is 41.0 Å². The molecule has 0 unspecified atom stereocenters. The third-order valence-corrected chi connectivity index (χ3v) is 4.62. The van der Waals surface area contributed by atoms with Crippen molar-refractivity contribution in [2.45, 2.75) is 4.90 Å². The molecule has 1 rings (SSSR count). The maximum absolute atomic E-state index is 12.0. The average Bonchev–Trinajstić information content (AvgIpc) is 2.92. The molecule has 0 radical (unpaired) electrons. The van der Waals surface area contributed by atoms with E-state index in [1.54, 1.807) is 0 Å². The molecule has 0 atom stereocenters. The van der Waals surface area contributed by atoms with Gasteiger partial charge >= 0.3 is 11.9 Å². The molecular weight excluding hydrogens is 324 g/mol. The van der Waals surface area contributed by atoms with Crippen LogP contribution < -0.4 is 10.0 Å². The van der Waals surface area contributed by atoms with Crippen molar-refractivity contribution in [2.75, 3.05) is 20.2 Å². The molecule has 21 heavy (non-hydrogen) atoms. The van der Waals surface area contributed by atoms with Gasteiger partial charge in [0.2, 0.25) is 15.9 Å². The molecule has 1 aromatic rings. The zero-order chi connectivity index (χ0) is 16.0. The van der Waals surface area contributed by atoms with Gasteiger partial charge in [0.15, 0.2) is 0 Å². The number of carbonyl (C=O) groups is 3. The smallest absolute Gasteiger partial charge is 0.349 e. The van der Waals surface area contributed by atoms with Gasteiger partial charge in [-0.25, -0.2) is 17.9 Å². The van der Waals surface area contributed by atoms with E-state index >= 15 is 0 Å². The highest BCUT2D eigenvalue weighted by molar-refractivity contribution is 7.89.